The molecular formula is C16H18ClNO2. The molecule has 0 radical (unpaired) electrons. The zero-order chi connectivity index (χ0) is 12.9. The van der Waals surface area contributed by atoms with Gasteiger partial charge in [-0.25, -0.2) is 0 Å². The van der Waals surface area contributed by atoms with Gasteiger partial charge in [-0.15, -0.1) is 12.4 Å². The minimum Gasteiger partial charge on any atom is -0.457 e. The van der Waals surface area contributed by atoms with Crippen molar-refractivity contribution in [1.29, 1.82) is 0 Å². The van der Waals surface area contributed by atoms with Crippen LogP contribution in [0.25, 0.3) is 0 Å². The molecular weight excluding hydrogens is 274 g/mol. The third-order valence-corrected chi connectivity index (χ3v) is 3.16. The summed E-state index contributed by atoms with van der Waals surface area (Å²) in [6, 6.07) is 18.2. The highest BCUT2D eigenvalue weighted by molar-refractivity contribution is 5.85. The Morgan fingerprint density at radius 2 is 1.80 bits per heavy atom. The summed E-state index contributed by atoms with van der Waals surface area (Å²) in [5.41, 5.74) is 1.20. The lowest BCUT2D eigenvalue weighted by Gasteiger charge is -2.24. The van der Waals surface area contributed by atoms with Crippen LogP contribution in [0.4, 0.5) is 0 Å². The molecule has 1 fully saturated rings. The van der Waals surface area contributed by atoms with Crippen molar-refractivity contribution < 1.29 is 9.47 Å². The Morgan fingerprint density at radius 3 is 2.55 bits per heavy atom. The number of nitrogens with one attached hydrogen (secondary N) is 1. The molecule has 0 unspecified atom stereocenters. The number of hydrogen-bond acceptors (Lipinski definition) is 3. The van der Waals surface area contributed by atoms with Crippen molar-refractivity contribution in [2.24, 2.45) is 0 Å². The summed E-state index contributed by atoms with van der Waals surface area (Å²) in [5, 5.41) is 3.45. The predicted molar refractivity (Wildman–Crippen MR) is 81.8 cm³/mol. The standard InChI is InChI=1S/C16H17NO2.ClH/c1-2-6-14(7-3-1)19-15-8-4-5-13(11-15)16-12-18-10-9-17-16;/h1-8,11,16-17H,9-10,12H2;1H/t16-;/m0./s1. The van der Waals surface area contributed by atoms with Crippen LogP contribution >= 0.6 is 12.4 Å². The molecule has 0 saturated carbocycles. The van der Waals surface area contributed by atoms with Gasteiger partial charge in [-0.1, -0.05) is 30.3 Å². The molecule has 1 aliphatic rings. The third-order valence-electron chi connectivity index (χ3n) is 3.16. The monoisotopic (exact) mass is 291 g/mol. The molecule has 0 aromatic heterocycles. The van der Waals surface area contributed by atoms with Crippen molar-refractivity contribution in [3.05, 3.63) is 60.2 Å². The quantitative estimate of drug-likeness (QED) is 0.938. The second-order valence-corrected chi connectivity index (χ2v) is 4.57. The van der Waals surface area contributed by atoms with Crippen molar-refractivity contribution in [3.8, 4) is 11.5 Å². The molecule has 0 amide bonds. The van der Waals surface area contributed by atoms with Gasteiger partial charge in [0.15, 0.2) is 0 Å². The van der Waals surface area contributed by atoms with E-state index < -0.39 is 0 Å². The molecule has 106 valence electrons. The molecule has 1 aliphatic heterocycles. The molecule has 1 heterocycles. The van der Waals surface area contributed by atoms with Crippen LogP contribution in [0.5, 0.6) is 11.5 Å². The summed E-state index contributed by atoms with van der Waals surface area (Å²) < 4.78 is 11.3. The Hall–Kier alpha value is -1.55. The maximum atomic E-state index is 5.84. The van der Waals surface area contributed by atoms with Gasteiger partial charge in [0, 0.05) is 6.54 Å². The lowest BCUT2D eigenvalue weighted by Crippen LogP contribution is -2.34. The molecule has 0 spiro atoms. The van der Waals surface area contributed by atoms with E-state index in [-0.39, 0.29) is 18.4 Å². The summed E-state index contributed by atoms with van der Waals surface area (Å²) in [6.07, 6.45) is 0. The Labute approximate surface area is 125 Å². The van der Waals surface area contributed by atoms with Crippen LogP contribution in [0.15, 0.2) is 54.6 Å². The molecule has 2 aromatic rings. The second-order valence-electron chi connectivity index (χ2n) is 4.57. The van der Waals surface area contributed by atoms with Crippen LogP contribution in [-0.4, -0.2) is 19.8 Å². The average Bonchev–Trinajstić information content (AvgIpc) is 2.49. The highest BCUT2D eigenvalue weighted by Gasteiger charge is 2.15. The van der Waals surface area contributed by atoms with Gasteiger partial charge in [-0.2, -0.15) is 0 Å². The van der Waals surface area contributed by atoms with E-state index in [2.05, 4.69) is 17.4 Å². The molecule has 2 aromatic carbocycles. The summed E-state index contributed by atoms with van der Waals surface area (Å²) in [7, 11) is 0. The largest absolute Gasteiger partial charge is 0.457 e. The number of morpholine rings is 1. The lowest BCUT2D eigenvalue weighted by atomic mass is 10.1. The van der Waals surface area contributed by atoms with Gasteiger partial charge in [-0.3, -0.25) is 0 Å². The summed E-state index contributed by atoms with van der Waals surface area (Å²) in [5.74, 6) is 1.71. The average molecular weight is 292 g/mol. The first kappa shape index (κ1) is 14.9. The fraction of sp³-hybridized carbons (Fsp3) is 0.250. The number of ether oxygens (including phenoxy) is 2. The minimum atomic E-state index is 0. The summed E-state index contributed by atoms with van der Waals surface area (Å²) in [6.45, 7) is 2.40. The third kappa shape index (κ3) is 3.73. The number of halogens is 1. The fourth-order valence-electron chi connectivity index (χ4n) is 2.20. The topological polar surface area (TPSA) is 30.5 Å². The first-order valence-electron chi connectivity index (χ1n) is 6.56. The van der Waals surface area contributed by atoms with E-state index in [0.29, 0.717) is 0 Å². The normalized spacial score (nSPS) is 18.1. The molecule has 1 saturated heterocycles. The van der Waals surface area contributed by atoms with Gasteiger partial charge in [0.05, 0.1) is 19.3 Å². The highest BCUT2D eigenvalue weighted by atomic mass is 35.5. The van der Waals surface area contributed by atoms with Crippen molar-refractivity contribution >= 4 is 12.4 Å². The predicted octanol–water partition coefficient (Wildman–Crippen LogP) is 3.56. The second kappa shape index (κ2) is 7.29. The number of hydrogen-bond donors (Lipinski definition) is 1. The van der Waals surface area contributed by atoms with Gasteiger partial charge in [0.25, 0.3) is 0 Å². The Kier molecular flexibility index (Phi) is 5.41. The van der Waals surface area contributed by atoms with E-state index in [9.17, 15) is 0 Å². The van der Waals surface area contributed by atoms with Crippen molar-refractivity contribution in [2.45, 2.75) is 6.04 Å². The highest BCUT2D eigenvalue weighted by Crippen LogP contribution is 2.25. The van der Waals surface area contributed by atoms with Gasteiger partial charge < -0.3 is 14.8 Å². The van der Waals surface area contributed by atoms with E-state index in [1.54, 1.807) is 0 Å². The Bertz CT molecular complexity index is 527. The van der Waals surface area contributed by atoms with E-state index >= 15 is 0 Å². The molecule has 4 heteroatoms. The fourth-order valence-corrected chi connectivity index (χ4v) is 2.20. The first-order valence-corrected chi connectivity index (χ1v) is 6.56. The summed E-state index contributed by atoms with van der Waals surface area (Å²) >= 11 is 0. The molecule has 1 atom stereocenters. The molecule has 0 aliphatic carbocycles. The van der Waals surface area contributed by atoms with Crippen molar-refractivity contribution in [2.75, 3.05) is 19.8 Å². The lowest BCUT2D eigenvalue weighted by molar-refractivity contribution is 0.0768. The van der Waals surface area contributed by atoms with Gasteiger partial charge >= 0.3 is 0 Å². The summed E-state index contributed by atoms with van der Waals surface area (Å²) in [4.78, 5) is 0. The van der Waals surface area contributed by atoms with Crippen molar-refractivity contribution in [1.82, 2.24) is 5.32 Å². The van der Waals surface area contributed by atoms with E-state index in [1.165, 1.54) is 5.56 Å². The van der Waals surface area contributed by atoms with Gasteiger partial charge in [0.2, 0.25) is 0 Å². The Morgan fingerprint density at radius 1 is 1.00 bits per heavy atom. The zero-order valence-corrected chi connectivity index (χ0v) is 11.9. The SMILES string of the molecule is Cl.c1ccc(Oc2cccc([C@@H]3COCCN3)c2)cc1. The van der Waals surface area contributed by atoms with Crippen molar-refractivity contribution in [3.63, 3.8) is 0 Å². The molecule has 1 N–H and O–H groups in total. The minimum absolute atomic E-state index is 0. The van der Waals surface area contributed by atoms with Crippen LogP contribution in [0.1, 0.15) is 11.6 Å². The maximum Gasteiger partial charge on any atom is 0.127 e. The number of para-hydroxylation sites is 1. The van der Waals surface area contributed by atoms with E-state index in [4.69, 9.17) is 9.47 Å². The van der Waals surface area contributed by atoms with Crippen LogP contribution in [0.2, 0.25) is 0 Å². The number of rotatable bonds is 3. The van der Waals surface area contributed by atoms with Gasteiger partial charge in [-0.05, 0) is 29.8 Å². The van der Waals surface area contributed by atoms with E-state index in [1.807, 2.05) is 42.5 Å². The van der Waals surface area contributed by atoms with E-state index in [0.717, 1.165) is 31.3 Å². The van der Waals surface area contributed by atoms with Crippen LogP contribution in [0, 0.1) is 0 Å². The smallest absolute Gasteiger partial charge is 0.127 e. The molecule has 20 heavy (non-hydrogen) atoms. The Balaban J connectivity index is 0.00000147. The zero-order valence-electron chi connectivity index (χ0n) is 11.1. The van der Waals surface area contributed by atoms with Crippen LogP contribution in [0.3, 0.4) is 0 Å². The molecule has 3 rings (SSSR count). The first-order chi connectivity index (χ1) is 9.42. The molecule has 3 nitrogen and oxygen atoms in total. The van der Waals surface area contributed by atoms with Crippen LogP contribution < -0.4 is 10.1 Å². The maximum absolute atomic E-state index is 5.84. The number of benzene rings is 2. The van der Waals surface area contributed by atoms with Gasteiger partial charge in [0.1, 0.15) is 11.5 Å². The molecule has 0 bridgehead atoms. The van der Waals surface area contributed by atoms with Crippen LogP contribution in [-0.2, 0) is 4.74 Å².